The number of ether oxygens (including phenoxy) is 5. The summed E-state index contributed by atoms with van der Waals surface area (Å²) in [5.41, 5.74) is 0. The molecule has 218 valence electrons. The summed E-state index contributed by atoms with van der Waals surface area (Å²) in [6.07, 6.45) is 1.89. The third kappa shape index (κ3) is 7.77. The van der Waals surface area contributed by atoms with Crippen LogP contribution in [0, 0.1) is 5.92 Å². The summed E-state index contributed by atoms with van der Waals surface area (Å²) in [6.45, 7) is 2.28. The number of aliphatic hydroxyl groups excluding tert-OH is 1. The lowest BCUT2D eigenvalue weighted by Gasteiger charge is -2.29. The van der Waals surface area contributed by atoms with Gasteiger partial charge >= 0.3 is 6.09 Å². The second-order valence-corrected chi connectivity index (χ2v) is 12.1. The molecule has 0 radical (unpaired) electrons. The molecule has 4 rings (SSSR count). The molecule has 0 spiro atoms. The Labute approximate surface area is 231 Å². The number of alkyl carbamates (subject to hydrolysis) is 1. The van der Waals surface area contributed by atoms with E-state index in [0.717, 1.165) is 38.6 Å². The van der Waals surface area contributed by atoms with E-state index in [1.54, 1.807) is 20.0 Å². The van der Waals surface area contributed by atoms with E-state index in [-0.39, 0.29) is 42.5 Å². The molecule has 12 nitrogen and oxygen atoms in total. The van der Waals surface area contributed by atoms with Crippen molar-refractivity contribution in [2.24, 2.45) is 5.92 Å². The molecular weight excluding hydrogens is 529 g/mol. The highest BCUT2D eigenvalue weighted by Gasteiger charge is 2.44. The van der Waals surface area contributed by atoms with Crippen molar-refractivity contribution >= 4 is 24.0 Å². The molecule has 14 heteroatoms. The first-order chi connectivity index (χ1) is 18.8. The van der Waals surface area contributed by atoms with E-state index >= 15 is 0 Å². The number of fused-ring (bicyclic) bond motifs is 2. The van der Waals surface area contributed by atoms with E-state index in [9.17, 15) is 18.3 Å². The highest BCUT2D eigenvalue weighted by atomic mass is 32.2. The molecule has 2 saturated heterocycles. The first-order valence-electron chi connectivity index (χ1n) is 13.7. The summed E-state index contributed by atoms with van der Waals surface area (Å²) in [6, 6.07) is 4.60. The lowest BCUT2D eigenvalue weighted by Crippen LogP contribution is -2.51. The highest BCUT2D eigenvalue weighted by molar-refractivity contribution is 7.89. The van der Waals surface area contributed by atoms with Crippen LogP contribution in [-0.4, -0.2) is 109 Å². The van der Waals surface area contributed by atoms with Crippen molar-refractivity contribution in [2.45, 2.75) is 61.4 Å². The molecule has 0 aromatic heterocycles. The van der Waals surface area contributed by atoms with Gasteiger partial charge in [-0.1, -0.05) is 12.8 Å². The first-order valence-corrected chi connectivity index (χ1v) is 15.1. The number of methoxy groups -OCH3 is 1. The Morgan fingerprint density at radius 3 is 2.87 bits per heavy atom. The normalized spacial score (nSPS) is 27.7. The van der Waals surface area contributed by atoms with E-state index in [1.165, 1.54) is 17.5 Å². The average Bonchev–Trinajstić information content (AvgIpc) is 3.53. The molecule has 0 unspecified atom stereocenters. The summed E-state index contributed by atoms with van der Waals surface area (Å²) < 4.78 is 56.6. The van der Waals surface area contributed by atoms with E-state index in [0.29, 0.717) is 25.5 Å². The number of carbonyl (C=O) groups excluding carboxylic acids is 1. The quantitative estimate of drug-likeness (QED) is 0.402. The van der Waals surface area contributed by atoms with Gasteiger partial charge in [-0.3, -0.25) is 0 Å². The van der Waals surface area contributed by atoms with Gasteiger partial charge in [0.2, 0.25) is 10.0 Å². The monoisotopic (exact) mass is 569 g/mol. The second kappa shape index (κ2) is 14.0. The van der Waals surface area contributed by atoms with E-state index in [1.807, 2.05) is 0 Å². The number of carbonyl (C=O) groups is 1. The van der Waals surface area contributed by atoms with E-state index in [2.05, 4.69) is 10.6 Å². The molecule has 2 fully saturated rings. The van der Waals surface area contributed by atoms with Gasteiger partial charge in [0, 0.05) is 31.6 Å². The van der Waals surface area contributed by atoms with Crippen LogP contribution >= 0.6 is 0 Å². The number of β-amino-alcohol motifs (C(OH)–C–C–N with tert-alkyl or cyclic N) is 1. The van der Waals surface area contributed by atoms with Crippen LogP contribution in [-0.2, 0) is 24.2 Å². The molecule has 0 bridgehead atoms. The van der Waals surface area contributed by atoms with E-state index in [4.69, 9.17) is 23.7 Å². The van der Waals surface area contributed by atoms with Gasteiger partial charge in [0.05, 0.1) is 39.0 Å². The Morgan fingerprint density at radius 2 is 2.05 bits per heavy atom. The molecule has 1 aromatic rings. The Kier molecular flexibility index (Phi) is 10.7. The average molecular weight is 569 g/mol. The zero-order chi connectivity index (χ0) is 27.8. The lowest BCUT2D eigenvalue weighted by molar-refractivity contribution is -0.0907. The minimum Gasteiger partial charge on any atom is -0.497 e. The third-order valence-corrected chi connectivity index (χ3v) is 9.27. The highest BCUT2D eigenvalue weighted by Crippen LogP contribution is 2.33. The fourth-order valence-corrected chi connectivity index (χ4v) is 6.55. The van der Waals surface area contributed by atoms with Crippen LogP contribution in [0.25, 0.3) is 0 Å². The standard InChI is InChI=1S/C25H40BN3O9S/c1-34-17-6-7-22-20(14-17)35-12-5-3-2-4-9-27-10-11-29(39(22,32)33)15-19(30)23(26)28-25(31)38-21-16-37-24-18(21)8-13-36-24/h6-7,14,18-19,21,23-24,27,30H,2-5,8-13,15-16,26H2,1H3,(H,28,31)/t18-,19+,21-,23+,24+/m0/s1. The summed E-state index contributed by atoms with van der Waals surface area (Å²) in [7, 11) is -0.950. The van der Waals surface area contributed by atoms with Gasteiger partial charge in [-0.05, 0) is 37.9 Å². The number of hydrogen-bond donors (Lipinski definition) is 3. The van der Waals surface area contributed by atoms with Gasteiger partial charge < -0.3 is 39.4 Å². The topological polar surface area (TPSA) is 145 Å². The molecule has 3 N–H and O–H groups in total. The Bertz CT molecular complexity index is 1060. The Morgan fingerprint density at radius 1 is 1.23 bits per heavy atom. The fourth-order valence-electron chi connectivity index (χ4n) is 4.97. The Hall–Kier alpha value is -2.10. The van der Waals surface area contributed by atoms with Crippen LogP contribution in [0.3, 0.4) is 0 Å². The maximum Gasteiger partial charge on any atom is 0.407 e. The molecule has 1 amide bonds. The Balaban J connectivity index is 1.45. The number of benzene rings is 1. The maximum atomic E-state index is 13.8. The van der Waals surface area contributed by atoms with Gasteiger partial charge in [0.25, 0.3) is 0 Å². The summed E-state index contributed by atoms with van der Waals surface area (Å²) in [5, 5.41) is 16.9. The van der Waals surface area contributed by atoms with Crippen molar-refractivity contribution in [3.63, 3.8) is 0 Å². The zero-order valence-corrected chi connectivity index (χ0v) is 23.5. The first kappa shape index (κ1) is 29.9. The molecule has 0 saturated carbocycles. The molecule has 3 aliphatic heterocycles. The van der Waals surface area contributed by atoms with Gasteiger partial charge in [0.1, 0.15) is 30.3 Å². The van der Waals surface area contributed by atoms with Gasteiger partial charge in [0.15, 0.2) is 6.29 Å². The van der Waals surface area contributed by atoms with Crippen LogP contribution in [0.4, 0.5) is 4.79 Å². The van der Waals surface area contributed by atoms with Crippen LogP contribution in [0.2, 0.25) is 0 Å². The number of aliphatic hydroxyl groups is 1. The van der Waals surface area contributed by atoms with Crippen LogP contribution < -0.4 is 20.1 Å². The lowest BCUT2D eigenvalue weighted by atomic mass is 9.91. The van der Waals surface area contributed by atoms with Crippen molar-refractivity contribution in [3.8, 4) is 11.5 Å². The van der Waals surface area contributed by atoms with Crippen molar-refractivity contribution in [1.82, 2.24) is 14.9 Å². The molecule has 5 atom stereocenters. The van der Waals surface area contributed by atoms with Gasteiger partial charge in [-0.15, -0.1) is 0 Å². The van der Waals surface area contributed by atoms with Crippen LogP contribution in [0.5, 0.6) is 11.5 Å². The minimum atomic E-state index is -4.06. The molecule has 0 aliphatic carbocycles. The van der Waals surface area contributed by atoms with Crippen molar-refractivity contribution in [3.05, 3.63) is 18.2 Å². The fraction of sp³-hybridized carbons (Fsp3) is 0.720. The molecule has 3 heterocycles. The number of nitrogens with zero attached hydrogens (tertiary/aromatic N) is 1. The van der Waals surface area contributed by atoms with Crippen molar-refractivity contribution in [1.29, 1.82) is 0 Å². The number of amides is 1. The van der Waals surface area contributed by atoms with Crippen LogP contribution in [0.15, 0.2) is 23.1 Å². The predicted molar refractivity (Wildman–Crippen MR) is 144 cm³/mol. The number of sulfonamides is 1. The van der Waals surface area contributed by atoms with Crippen molar-refractivity contribution < 1.29 is 42.0 Å². The second-order valence-electron chi connectivity index (χ2n) is 10.2. The molecule has 39 heavy (non-hydrogen) atoms. The third-order valence-electron chi connectivity index (χ3n) is 7.37. The van der Waals surface area contributed by atoms with E-state index < -0.39 is 34.3 Å². The summed E-state index contributed by atoms with van der Waals surface area (Å²) in [4.78, 5) is 12.6. The minimum absolute atomic E-state index is 0.00199. The smallest absolute Gasteiger partial charge is 0.407 e. The number of nitrogens with one attached hydrogen (secondary N) is 2. The van der Waals surface area contributed by atoms with Crippen molar-refractivity contribution in [2.75, 3.05) is 53.1 Å². The number of rotatable bonds is 6. The van der Waals surface area contributed by atoms with Gasteiger partial charge in [-0.25, -0.2) is 13.2 Å². The molecule has 3 aliphatic rings. The molecule has 1 aromatic carbocycles. The predicted octanol–water partition coefficient (Wildman–Crippen LogP) is 0.0360. The summed E-state index contributed by atoms with van der Waals surface area (Å²) in [5.74, 6) is -0.0944. The summed E-state index contributed by atoms with van der Waals surface area (Å²) >= 11 is 0. The maximum absolute atomic E-state index is 13.8. The van der Waals surface area contributed by atoms with Gasteiger partial charge in [-0.2, -0.15) is 4.31 Å². The zero-order valence-electron chi connectivity index (χ0n) is 22.7. The number of hydrogen-bond acceptors (Lipinski definition) is 10. The SMILES string of the molecule is B[C@H](NC(=O)O[C@H]1CO[C@H]2OCC[C@H]21)[C@H](O)CN1CCNCCCCCCOc2cc(OC)ccc2S1(=O)=O. The molecular formula is C25H40BN3O9S. The largest absolute Gasteiger partial charge is 0.497 e. The van der Waals surface area contributed by atoms with Crippen LogP contribution in [0.1, 0.15) is 32.1 Å².